The van der Waals surface area contributed by atoms with Crippen molar-refractivity contribution in [2.24, 2.45) is 0 Å². The molecule has 0 spiro atoms. The number of tetrazole rings is 1. The quantitative estimate of drug-likeness (QED) is 0.410. The zero-order valence-corrected chi connectivity index (χ0v) is 18.6. The maximum absolute atomic E-state index is 9.79. The minimum Gasteiger partial charge on any atom is -0.328 e. The van der Waals surface area contributed by atoms with Crippen LogP contribution in [-0.2, 0) is 19.4 Å². The van der Waals surface area contributed by atoms with E-state index in [9.17, 15) is 5.26 Å². The molecule has 3 heterocycles. The second-order valence-corrected chi connectivity index (χ2v) is 7.91. The molecule has 0 radical (unpaired) electrons. The van der Waals surface area contributed by atoms with Gasteiger partial charge in [-0.1, -0.05) is 62.4 Å². The molecule has 0 saturated carbocycles. The van der Waals surface area contributed by atoms with Gasteiger partial charge >= 0.3 is 0 Å². The third kappa shape index (κ3) is 3.76. The molecule has 0 bridgehead atoms. The molecule has 0 amide bonds. The first-order chi connectivity index (χ1) is 16.2. The standard InChI is InChI=1S/C26H23N7/c1-3-19-13-25-23(24(4-2)28-19)14-20(15-27)33(25)16-17-9-11-18(12-10-17)21-7-5-6-8-22(21)26-29-31-32-30-26/h5-14H,3-4,16H2,1-2H3,(H,29,30,31,32). The van der Waals surface area contributed by atoms with Gasteiger partial charge in [-0.15, -0.1) is 10.2 Å². The number of rotatable bonds is 6. The minimum absolute atomic E-state index is 0.569. The lowest BCUT2D eigenvalue weighted by Gasteiger charge is -2.11. The van der Waals surface area contributed by atoms with Crippen LogP contribution in [0.25, 0.3) is 33.4 Å². The number of aromatic nitrogens is 6. The van der Waals surface area contributed by atoms with E-state index in [-0.39, 0.29) is 0 Å². The van der Waals surface area contributed by atoms with E-state index in [1.54, 1.807) is 0 Å². The number of benzene rings is 2. The van der Waals surface area contributed by atoms with Gasteiger partial charge < -0.3 is 4.57 Å². The minimum atomic E-state index is 0.569. The van der Waals surface area contributed by atoms with Crippen molar-refractivity contribution >= 4 is 10.9 Å². The van der Waals surface area contributed by atoms with E-state index < -0.39 is 0 Å². The van der Waals surface area contributed by atoms with Crippen LogP contribution in [0.1, 0.15) is 36.5 Å². The van der Waals surface area contributed by atoms with Crippen LogP contribution >= 0.6 is 0 Å². The summed E-state index contributed by atoms with van der Waals surface area (Å²) in [5, 5.41) is 25.3. The fourth-order valence-corrected chi connectivity index (χ4v) is 4.27. The van der Waals surface area contributed by atoms with Crippen LogP contribution in [0, 0.1) is 11.3 Å². The number of hydrogen-bond acceptors (Lipinski definition) is 5. The van der Waals surface area contributed by atoms with E-state index in [1.165, 1.54) is 0 Å². The highest BCUT2D eigenvalue weighted by Crippen LogP contribution is 2.30. The molecule has 2 aromatic carbocycles. The fraction of sp³-hybridized carbons (Fsp3) is 0.192. The van der Waals surface area contributed by atoms with Crippen molar-refractivity contribution in [3.63, 3.8) is 0 Å². The Hall–Kier alpha value is -4.31. The molecule has 162 valence electrons. The zero-order valence-electron chi connectivity index (χ0n) is 18.6. The van der Waals surface area contributed by atoms with Gasteiger partial charge in [0.15, 0.2) is 0 Å². The number of hydrogen-bond donors (Lipinski definition) is 1. The van der Waals surface area contributed by atoms with Crippen LogP contribution in [0.5, 0.6) is 0 Å². The molecule has 1 N–H and O–H groups in total. The van der Waals surface area contributed by atoms with Gasteiger partial charge in [0.25, 0.3) is 0 Å². The van der Waals surface area contributed by atoms with E-state index in [0.717, 1.165) is 57.4 Å². The molecule has 0 unspecified atom stereocenters. The molecule has 5 aromatic rings. The molecular weight excluding hydrogens is 410 g/mol. The number of nitriles is 1. The first kappa shape index (κ1) is 20.6. The smallest absolute Gasteiger partial charge is 0.205 e. The summed E-state index contributed by atoms with van der Waals surface area (Å²) in [7, 11) is 0. The fourth-order valence-electron chi connectivity index (χ4n) is 4.27. The van der Waals surface area contributed by atoms with E-state index in [0.29, 0.717) is 18.1 Å². The number of aryl methyl sites for hydroxylation is 2. The van der Waals surface area contributed by atoms with Crippen molar-refractivity contribution in [2.45, 2.75) is 33.2 Å². The Kier molecular flexibility index (Phi) is 5.41. The van der Waals surface area contributed by atoms with E-state index >= 15 is 0 Å². The molecule has 0 aliphatic heterocycles. The monoisotopic (exact) mass is 433 g/mol. The number of fused-ring (bicyclic) bond motifs is 1. The first-order valence-corrected chi connectivity index (χ1v) is 11.1. The van der Waals surface area contributed by atoms with E-state index in [2.05, 4.69) is 81.5 Å². The van der Waals surface area contributed by atoms with Crippen LogP contribution in [0.3, 0.4) is 0 Å². The highest BCUT2D eigenvalue weighted by Gasteiger charge is 2.15. The summed E-state index contributed by atoms with van der Waals surface area (Å²) >= 11 is 0. The molecule has 3 aromatic heterocycles. The third-order valence-corrected chi connectivity index (χ3v) is 5.96. The van der Waals surface area contributed by atoms with Crippen molar-refractivity contribution in [2.75, 3.05) is 0 Å². The van der Waals surface area contributed by atoms with Gasteiger partial charge in [-0.25, -0.2) is 0 Å². The molecule has 7 nitrogen and oxygen atoms in total. The average Bonchev–Trinajstić information content (AvgIpc) is 3.52. The summed E-state index contributed by atoms with van der Waals surface area (Å²) in [6, 6.07) is 22.9. The summed E-state index contributed by atoms with van der Waals surface area (Å²) in [6.07, 6.45) is 1.71. The number of nitrogens with zero attached hydrogens (tertiary/aromatic N) is 6. The molecular formula is C26H23N7. The van der Waals surface area contributed by atoms with Crippen LogP contribution in [0.4, 0.5) is 0 Å². The third-order valence-electron chi connectivity index (χ3n) is 5.96. The Bertz CT molecular complexity index is 1460. The lowest BCUT2D eigenvalue weighted by Crippen LogP contribution is -2.03. The van der Waals surface area contributed by atoms with Gasteiger partial charge in [0.1, 0.15) is 11.8 Å². The van der Waals surface area contributed by atoms with Gasteiger partial charge in [0.2, 0.25) is 5.82 Å². The van der Waals surface area contributed by atoms with Crippen molar-refractivity contribution in [1.82, 2.24) is 30.2 Å². The molecule has 0 fully saturated rings. The number of nitrogens with one attached hydrogen (secondary N) is 1. The average molecular weight is 434 g/mol. The van der Waals surface area contributed by atoms with Gasteiger partial charge in [-0.3, -0.25) is 4.98 Å². The summed E-state index contributed by atoms with van der Waals surface area (Å²) in [5.74, 6) is 0.569. The van der Waals surface area contributed by atoms with E-state index in [1.807, 2.05) is 24.3 Å². The molecule has 0 aliphatic carbocycles. The van der Waals surface area contributed by atoms with Gasteiger partial charge in [-0.2, -0.15) is 10.5 Å². The maximum Gasteiger partial charge on any atom is 0.205 e. The molecule has 0 atom stereocenters. The Labute approximate surface area is 191 Å². The highest BCUT2D eigenvalue weighted by molar-refractivity contribution is 5.85. The maximum atomic E-state index is 9.79. The predicted octanol–water partition coefficient (Wildman–Crippen LogP) is 4.93. The Morgan fingerprint density at radius 2 is 1.76 bits per heavy atom. The lowest BCUT2D eigenvalue weighted by molar-refractivity contribution is 0.820. The second-order valence-electron chi connectivity index (χ2n) is 7.91. The van der Waals surface area contributed by atoms with Crippen LogP contribution in [0.2, 0.25) is 0 Å². The van der Waals surface area contributed by atoms with Crippen molar-refractivity contribution in [1.29, 1.82) is 5.26 Å². The summed E-state index contributed by atoms with van der Waals surface area (Å²) in [6.45, 7) is 4.84. The summed E-state index contributed by atoms with van der Waals surface area (Å²) in [4.78, 5) is 4.77. The Balaban J connectivity index is 1.52. The summed E-state index contributed by atoms with van der Waals surface area (Å²) < 4.78 is 2.09. The Morgan fingerprint density at radius 1 is 0.970 bits per heavy atom. The first-order valence-electron chi connectivity index (χ1n) is 11.1. The second kappa shape index (κ2) is 8.67. The van der Waals surface area contributed by atoms with E-state index in [4.69, 9.17) is 4.98 Å². The SMILES string of the molecule is CCc1cc2c(cc(C#N)n2Cc2ccc(-c3ccccc3-c3nn[nH]n3)cc2)c(CC)n1. The number of aromatic amines is 1. The number of pyridine rings is 1. The molecule has 0 aliphatic rings. The van der Waals surface area contributed by atoms with Gasteiger partial charge in [-0.05, 0) is 46.9 Å². The topological polar surface area (TPSA) is 96.1 Å². The van der Waals surface area contributed by atoms with Gasteiger partial charge in [0, 0.05) is 28.9 Å². The Morgan fingerprint density at radius 3 is 2.42 bits per heavy atom. The van der Waals surface area contributed by atoms with Gasteiger partial charge in [0.05, 0.1) is 5.52 Å². The molecule has 7 heteroatoms. The largest absolute Gasteiger partial charge is 0.328 e. The van der Waals surface area contributed by atoms with Crippen LogP contribution in [0.15, 0.2) is 60.7 Å². The van der Waals surface area contributed by atoms with Crippen LogP contribution < -0.4 is 0 Å². The molecule has 5 rings (SSSR count). The van der Waals surface area contributed by atoms with Crippen molar-refractivity contribution < 1.29 is 0 Å². The van der Waals surface area contributed by atoms with Crippen molar-refractivity contribution in [3.05, 3.63) is 83.3 Å². The number of H-pyrrole nitrogens is 1. The molecule has 0 saturated heterocycles. The van der Waals surface area contributed by atoms with Crippen molar-refractivity contribution in [3.8, 4) is 28.6 Å². The highest BCUT2D eigenvalue weighted by atomic mass is 15.5. The molecule has 33 heavy (non-hydrogen) atoms. The van der Waals surface area contributed by atoms with Crippen LogP contribution in [-0.4, -0.2) is 30.2 Å². The normalized spacial score (nSPS) is 11.1. The predicted molar refractivity (Wildman–Crippen MR) is 127 cm³/mol. The zero-order chi connectivity index (χ0) is 22.8. The summed E-state index contributed by atoms with van der Waals surface area (Å²) in [5.41, 5.74) is 7.99. The lowest BCUT2D eigenvalue weighted by atomic mass is 9.98.